The van der Waals surface area contributed by atoms with Crippen LogP contribution in [-0.2, 0) is 17.1 Å². The van der Waals surface area contributed by atoms with Gasteiger partial charge in [-0.25, -0.2) is 4.98 Å². The van der Waals surface area contributed by atoms with Gasteiger partial charge in [-0.2, -0.15) is 26.3 Å². The number of carbonyl (C=O) groups excluding carboxylic acids is 1. The van der Waals surface area contributed by atoms with Crippen molar-refractivity contribution in [1.29, 1.82) is 0 Å². The summed E-state index contributed by atoms with van der Waals surface area (Å²) in [5, 5.41) is 16.1. The number of anilines is 1. The zero-order valence-electron chi connectivity index (χ0n) is 18.0. The molecule has 1 aliphatic heterocycles. The molecule has 1 aromatic heterocycles. The number of hydrogen-bond acceptors (Lipinski definition) is 5. The number of aliphatic imine (C=N–C) groups is 1. The molecule has 35 heavy (non-hydrogen) atoms. The monoisotopic (exact) mass is 498 g/mol. The highest BCUT2D eigenvalue weighted by Crippen LogP contribution is 2.40. The number of nitrogens with zero attached hydrogens (tertiary/aromatic N) is 2. The van der Waals surface area contributed by atoms with Gasteiger partial charge in [-0.3, -0.25) is 15.1 Å². The van der Waals surface area contributed by atoms with E-state index in [1.165, 1.54) is 30.6 Å². The zero-order valence-corrected chi connectivity index (χ0v) is 18.0. The van der Waals surface area contributed by atoms with Gasteiger partial charge in [-0.05, 0) is 54.3 Å². The highest BCUT2D eigenvalue weighted by Gasteiger charge is 2.39. The largest absolute Gasteiger partial charge is 0.417 e. The van der Waals surface area contributed by atoms with E-state index in [1.54, 1.807) is 0 Å². The van der Waals surface area contributed by atoms with E-state index in [0.29, 0.717) is 6.07 Å². The Balaban J connectivity index is 1.58. The second-order valence-corrected chi connectivity index (χ2v) is 8.25. The van der Waals surface area contributed by atoms with Crippen LogP contribution in [0.3, 0.4) is 0 Å². The van der Waals surface area contributed by atoms with Crippen molar-refractivity contribution in [1.82, 2.24) is 10.3 Å². The third kappa shape index (κ3) is 5.88. The van der Waals surface area contributed by atoms with Crippen LogP contribution in [0.5, 0.6) is 0 Å². The molecule has 1 amide bonds. The number of rotatable bonds is 6. The molecule has 1 fully saturated rings. The lowest BCUT2D eigenvalue weighted by Gasteiger charge is -2.28. The lowest BCUT2D eigenvalue weighted by Crippen LogP contribution is -2.38. The summed E-state index contributed by atoms with van der Waals surface area (Å²) in [6.07, 6.45) is -5.92. The molecule has 4 rings (SSSR count). The smallest absolute Gasteiger partial charge is 0.374 e. The van der Waals surface area contributed by atoms with Gasteiger partial charge in [0.1, 0.15) is 12.0 Å². The van der Waals surface area contributed by atoms with E-state index in [1.807, 2.05) is 0 Å². The number of aromatic nitrogens is 1. The lowest BCUT2D eigenvalue weighted by molar-refractivity contribution is -0.143. The highest BCUT2D eigenvalue weighted by molar-refractivity contribution is 5.93. The number of halogens is 6. The summed E-state index contributed by atoms with van der Waals surface area (Å²) >= 11 is 0. The summed E-state index contributed by atoms with van der Waals surface area (Å²) in [6.45, 7) is -0.0580. The van der Waals surface area contributed by atoms with E-state index in [-0.39, 0.29) is 41.4 Å². The number of hydrogen-bond donors (Lipinski definition) is 3. The van der Waals surface area contributed by atoms with Crippen molar-refractivity contribution in [2.75, 3.05) is 11.9 Å². The van der Waals surface area contributed by atoms with E-state index in [9.17, 15) is 36.2 Å². The molecule has 0 spiro atoms. The topological polar surface area (TPSA) is 86.6 Å². The maximum Gasteiger partial charge on any atom is 0.417 e. The Kier molecular flexibility index (Phi) is 6.69. The molecule has 12 heteroatoms. The Hall–Kier alpha value is -3.25. The van der Waals surface area contributed by atoms with Crippen molar-refractivity contribution < 1.29 is 36.2 Å². The number of alkyl halides is 6. The van der Waals surface area contributed by atoms with E-state index < -0.39 is 41.3 Å². The predicted molar refractivity (Wildman–Crippen MR) is 115 cm³/mol. The van der Waals surface area contributed by atoms with Gasteiger partial charge in [0.15, 0.2) is 0 Å². The number of pyridine rings is 1. The van der Waals surface area contributed by atoms with Crippen LogP contribution in [0.1, 0.15) is 41.3 Å². The number of nitrogens with one attached hydrogen (secondary N) is 2. The Morgan fingerprint density at radius 1 is 1.06 bits per heavy atom. The first-order valence-corrected chi connectivity index (χ1v) is 10.6. The van der Waals surface area contributed by atoms with Crippen molar-refractivity contribution >= 4 is 23.5 Å². The molecule has 3 N–H and O–H groups in total. The first kappa shape index (κ1) is 24.9. The zero-order chi connectivity index (χ0) is 25.4. The maximum atomic E-state index is 13.7. The first-order valence-electron chi connectivity index (χ1n) is 10.6. The molecule has 186 valence electrons. The normalized spacial score (nSPS) is 19.3. The van der Waals surface area contributed by atoms with Gasteiger partial charge in [0.05, 0.1) is 23.7 Å². The van der Waals surface area contributed by atoms with Crippen LogP contribution in [0, 0.1) is 5.92 Å². The minimum absolute atomic E-state index is 0.0245. The average molecular weight is 498 g/mol. The fourth-order valence-electron chi connectivity index (χ4n) is 3.69. The predicted octanol–water partition coefficient (Wildman–Crippen LogP) is 4.58. The van der Waals surface area contributed by atoms with Gasteiger partial charge in [0.25, 0.3) is 0 Å². The third-order valence-electron chi connectivity index (χ3n) is 5.64. The molecular formula is C23H20F6N4O2. The van der Waals surface area contributed by atoms with Crippen LogP contribution in [0.15, 0.2) is 47.6 Å². The number of aliphatic hydroxyl groups is 1. The van der Waals surface area contributed by atoms with Crippen LogP contribution in [-0.4, -0.2) is 34.8 Å². The van der Waals surface area contributed by atoms with Crippen molar-refractivity contribution in [3.8, 4) is 0 Å². The minimum Gasteiger partial charge on any atom is -0.374 e. The standard InChI is InChI=1S/C23H20F6N4O2/c24-22(25,26)14-3-4-15(17(10-14)23(27,28)29)16-6-7-30-11-18(16)32-21(35)13-5-8-31-19(9-13)33-20(34)12-1-2-12/h3-10,12,18,21,32,35H,1-2,11H2,(H,31,33,34). The van der Waals surface area contributed by atoms with Crippen molar-refractivity contribution in [3.63, 3.8) is 0 Å². The van der Waals surface area contributed by atoms with Crippen LogP contribution < -0.4 is 10.6 Å². The maximum absolute atomic E-state index is 13.7. The molecule has 0 radical (unpaired) electrons. The molecule has 0 saturated heterocycles. The van der Waals surface area contributed by atoms with Crippen LogP contribution >= 0.6 is 0 Å². The fraction of sp³-hybridized carbons (Fsp3) is 0.348. The SMILES string of the molecule is O=C(Nc1cc(C(O)NC2CN=CC=C2c2ccc(C(F)(F)F)cc2C(F)(F)F)ccn1)C1CC1. The Bertz CT molecular complexity index is 1170. The number of carbonyl (C=O) groups is 1. The summed E-state index contributed by atoms with van der Waals surface area (Å²) in [6, 6.07) is 3.38. The van der Waals surface area contributed by atoms with Gasteiger partial charge in [0.2, 0.25) is 5.91 Å². The first-order chi connectivity index (χ1) is 16.4. The summed E-state index contributed by atoms with van der Waals surface area (Å²) < 4.78 is 80.2. The third-order valence-corrected chi connectivity index (χ3v) is 5.64. The summed E-state index contributed by atoms with van der Waals surface area (Å²) in [4.78, 5) is 20.0. The molecule has 2 atom stereocenters. The lowest BCUT2D eigenvalue weighted by atomic mass is 9.90. The van der Waals surface area contributed by atoms with Gasteiger partial charge < -0.3 is 10.4 Å². The minimum atomic E-state index is -5.05. The molecule has 0 bridgehead atoms. The number of allylic oxidation sites excluding steroid dienone is 1. The second kappa shape index (κ2) is 9.42. The molecule has 2 aliphatic rings. The molecule has 2 unspecified atom stereocenters. The van der Waals surface area contributed by atoms with Gasteiger partial charge in [-0.1, -0.05) is 6.07 Å². The van der Waals surface area contributed by atoms with Crippen LogP contribution in [0.2, 0.25) is 0 Å². The van der Waals surface area contributed by atoms with Crippen molar-refractivity contribution in [2.45, 2.75) is 37.5 Å². The molecule has 1 aromatic carbocycles. The Morgan fingerprint density at radius 3 is 2.46 bits per heavy atom. The molecular weight excluding hydrogens is 478 g/mol. The van der Waals surface area contributed by atoms with E-state index in [0.717, 1.165) is 18.9 Å². The summed E-state index contributed by atoms with van der Waals surface area (Å²) in [5.74, 6) is -0.0476. The Morgan fingerprint density at radius 2 is 1.80 bits per heavy atom. The Labute approximate surface area is 195 Å². The van der Waals surface area contributed by atoms with Crippen LogP contribution in [0.4, 0.5) is 32.2 Å². The van der Waals surface area contributed by atoms with Crippen LogP contribution in [0.25, 0.3) is 5.57 Å². The number of amides is 1. The molecule has 2 aromatic rings. The quantitative estimate of drug-likeness (QED) is 0.402. The van der Waals surface area contributed by atoms with E-state index in [4.69, 9.17) is 0 Å². The average Bonchev–Trinajstić information content (AvgIpc) is 3.64. The molecule has 1 saturated carbocycles. The van der Waals surface area contributed by atoms with E-state index >= 15 is 0 Å². The van der Waals surface area contributed by atoms with Gasteiger partial charge in [0, 0.05) is 23.9 Å². The number of aliphatic hydroxyl groups excluding tert-OH is 1. The summed E-state index contributed by atoms with van der Waals surface area (Å²) in [5.41, 5.74) is -3.00. The number of dihydropyridines is 1. The highest BCUT2D eigenvalue weighted by atomic mass is 19.4. The van der Waals surface area contributed by atoms with Crippen molar-refractivity contribution in [2.24, 2.45) is 10.9 Å². The summed E-state index contributed by atoms with van der Waals surface area (Å²) in [7, 11) is 0. The van der Waals surface area contributed by atoms with E-state index in [2.05, 4.69) is 20.6 Å². The van der Waals surface area contributed by atoms with Crippen molar-refractivity contribution in [3.05, 3.63) is 64.9 Å². The molecule has 6 nitrogen and oxygen atoms in total. The second-order valence-electron chi connectivity index (χ2n) is 8.25. The fourth-order valence-corrected chi connectivity index (χ4v) is 3.69. The molecule has 2 heterocycles. The molecule has 1 aliphatic carbocycles. The van der Waals surface area contributed by atoms with Gasteiger partial charge >= 0.3 is 12.4 Å². The van der Waals surface area contributed by atoms with Gasteiger partial charge in [-0.15, -0.1) is 0 Å². The number of benzene rings is 1.